The third kappa shape index (κ3) is 1.83. The zero-order valence-corrected chi connectivity index (χ0v) is 10.2. The van der Waals surface area contributed by atoms with Gasteiger partial charge in [-0.3, -0.25) is 4.99 Å². The fraction of sp³-hybridized carbons (Fsp3) is 0.364. The van der Waals surface area contributed by atoms with Gasteiger partial charge in [-0.2, -0.15) is 9.97 Å². The molecule has 0 radical (unpaired) electrons. The Labute approximate surface area is 104 Å². The summed E-state index contributed by atoms with van der Waals surface area (Å²) in [7, 11) is 2.73. The van der Waals surface area contributed by atoms with Gasteiger partial charge in [-0.15, -0.1) is 0 Å². The van der Waals surface area contributed by atoms with Crippen molar-refractivity contribution in [1.82, 2.24) is 15.0 Å². The van der Waals surface area contributed by atoms with Crippen molar-refractivity contribution in [3.05, 3.63) is 23.8 Å². The average Bonchev–Trinajstić information content (AvgIpc) is 2.87. The molecular weight excluding hydrogens is 236 g/mol. The van der Waals surface area contributed by atoms with Crippen molar-refractivity contribution in [2.24, 2.45) is 4.99 Å². The average molecular weight is 248 g/mol. The van der Waals surface area contributed by atoms with Crippen LogP contribution in [0.2, 0.25) is 0 Å². The van der Waals surface area contributed by atoms with E-state index in [1.807, 2.05) is 0 Å². The van der Waals surface area contributed by atoms with Crippen LogP contribution in [-0.4, -0.2) is 41.4 Å². The van der Waals surface area contributed by atoms with E-state index in [9.17, 15) is 4.79 Å². The minimum atomic E-state index is -1.34. The van der Waals surface area contributed by atoms with E-state index in [0.717, 1.165) is 0 Å². The van der Waals surface area contributed by atoms with Crippen molar-refractivity contribution in [2.45, 2.75) is 12.5 Å². The number of hydrogen-bond donors (Lipinski definition) is 0. The molecule has 0 saturated heterocycles. The monoisotopic (exact) mass is 248 g/mol. The highest BCUT2D eigenvalue weighted by Crippen LogP contribution is 2.29. The van der Waals surface area contributed by atoms with E-state index in [2.05, 4.69) is 19.9 Å². The minimum Gasteiger partial charge on any atom is -0.467 e. The number of allylic oxidation sites excluding steroid dienone is 1. The van der Waals surface area contributed by atoms with Crippen molar-refractivity contribution in [3.8, 4) is 6.01 Å². The van der Waals surface area contributed by atoms with Crippen LogP contribution in [0.3, 0.4) is 0 Å². The maximum absolute atomic E-state index is 11.9. The van der Waals surface area contributed by atoms with Crippen LogP contribution in [0.5, 0.6) is 6.01 Å². The molecule has 7 nitrogen and oxygen atoms in total. The molecule has 1 aliphatic rings. The maximum Gasteiger partial charge on any atom is 0.345 e. The highest BCUT2D eigenvalue weighted by Gasteiger charge is 2.43. The molecule has 0 N–H and O–H groups in total. The highest BCUT2D eigenvalue weighted by atomic mass is 16.5. The van der Waals surface area contributed by atoms with Gasteiger partial charge < -0.3 is 9.47 Å². The van der Waals surface area contributed by atoms with Crippen molar-refractivity contribution in [2.75, 3.05) is 14.2 Å². The molecule has 94 valence electrons. The molecule has 1 aromatic heterocycles. The number of esters is 1. The second-order valence-electron chi connectivity index (χ2n) is 3.59. The number of nitrogens with zero attached hydrogens (tertiary/aromatic N) is 4. The first kappa shape index (κ1) is 12.2. The van der Waals surface area contributed by atoms with E-state index in [1.165, 1.54) is 20.4 Å². The number of aromatic nitrogens is 3. The van der Waals surface area contributed by atoms with Gasteiger partial charge in [0.25, 0.3) is 0 Å². The van der Waals surface area contributed by atoms with Crippen LogP contribution in [0.4, 0.5) is 0 Å². The van der Waals surface area contributed by atoms with Crippen LogP contribution < -0.4 is 4.74 Å². The van der Waals surface area contributed by atoms with E-state index in [4.69, 9.17) is 9.47 Å². The Balaban J connectivity index is 2.57. The maximum atomic E-state index is 11.9. The van der Waals surface area contributed by atoms with Crippen molar-refractivity contribution >= 4 is 12.2 Å². The number of methoxy groups -OCH3 is 2. The van der Waals surface area contributed by atoms with Gasteiger partial charge in [0.2, 0.25) is 5.54 Å². The van der Waals surface area contributed by atoms with E-state index in [-0.39, 0.29) is 11.8 Å². The van der Waals surface area contributed by atoms with Crippen LogP contribution in [0.25, 0.3) is 0 Å². The van der Waals surface area contributed by atoms with Crippen LogP contribution in [0.1, 0.15) is 11.6 Å². The van der Waals surface area contributed by atoms with Gasteiger partial charge in [0.05, 0.1) is 14.2 Å². The summed E-state index contributed by atoms with van der Waals surface area (Å²) in [5.41, 5.74) is -1.34. The summed E-state index contributed by atoms with van der Waals surface area (Å²) in [5, 5.41) is 0. The molecule has 0 saturated carbocycles. The molecule has 0 spiro atoms. The van der Waals surface area contributed by atoms with E-state index in [1.54, 1.807) is 19.1 Å². The molecule has 2 rings (SSSR count). The zero-order chi connectivity index (χ0) is 13.2. The highest BCUT2D eigenvalue weighted by molar-refractivity contribution is 5.91. The number of carbonyl (C=O) groups excluding carboxylic acids is 1. The second kappa shape index (κ2) is 4.52. The standard InChI is InChI=1S/C11H12N4O3/c1-7-13-8(15-10(14-7)18-3)11(9(16)17-2)5-4-6-12-11/h4-6H,1-3H3. The molecule has 1 aliphatic heterocycles. The Morgan fingerprint density at radius 2 is 2.06 bits per heavy atom. The first-order chi connectivity index (χ1) is 8.62. The van der Waals surface area contributed by atoms with Crippen LogP contribution >= 0.6 is 0 Å². The van der Waals surface area contributed by atoms with Crippen molar-refractivity contribution in [3.63, 3.8) is 0 Å². The Hall–Kier alpha value is -2.31. The number of carbonyl (C=O) groups is 1. The molecule has 2 heterocycles. The molecule has 0 aliphatic carbocycles. The third-order valence-electron chi connectivity index (χ3n) is 2.45. The van der Waals surface area contributed by atoms with Crippen molar-refractivity contribution < 1.29 is 14.3 Å². The first-order valence-electron chi connectivity index (χ1n) is 5.21. The summed E-state index contributed by atoms with van der Waals surface area (Å²) < 4.78 is 9.72. The summed E-state index contributed by atoms with van der Waals surface area (Å²) in [4.78, 5) is 28.2. The van der Waals surface area contributed by atoms with Crippen LogP contribution in [0, 0.1) is 6.92 Å². The smallest absolute Gasteiger partial charge is 0.345 e. The number of hydrogen-bond acceptors (Lipinski definition) is 7. The van der Waals surface area contributed by atoms with Crippen molar-refractivity contribution in [1.29, 1.82) is 0 Å². The molecule has 18 heavy (non-hydrogen) atoms. The molecular formula is C11H12N4O3. The normalized spacial score (nSPS) is 21.1. The summed E-state index contributed by atoms with van der Waals surface area (Å²) in [6.07, 6.45) is 4.72. The van der Waals surface area contributed by atoms with Gasteiger partial charge in [0, 0.05) is 6.21 Å². The van der Waals surface area contributed by atoms with E-state index >= 15 is 0 Å². The quantitative estimate of drug-likeness (QED) is 0.710. The van der Waals surface area contributed by atoms with E-state index in [0.29, 0.717) is 5.82 Å². The number of aliphatic imine (C=N–C) groups is 1. The lowest BCUT2D eigenvalue weighted by molar-refractivity contribution is -0.145. The number of aryl methyl sites for hydroxylation is 1. The Morgan fingerprint density at radius 1 is 1.28 bits per heavy atom. The predicted molar refractivity (Wildman–Crippen MR) is 62.4 cm³/mol. The van der Waals surface area contributed by atoms with Gasteiger partial charge in [0.15, 0.2) is 5.82 Å². The van der Waals surface area contributed by atoms with Gasteiger partial charge in [-0.05, 0) is 19.1 Å². The lowest BCUT2D eigenvalue weighted by atomic mass is 10.0. The topological polar surface area (TPSA) is 86.6 Å². The largest absolute Gasteiger partial charge is 0.467 e. The molecule has 1 atom stereocenters. The van der Waals surface area contributed by atoms with Crippen LogP contribution in [-0.2, 0) is 15.1 Å². The van der Waals surface area contributed by atoms with E-state index < -0.39 is 11.5 Å². The Morgan fingerprint density at radius 3 is 2.61 bits per heavy atom. The first-order valence-corrected chi connectivity index (χ1v) is 5.21. The third-order valence-corrected chi connectivity index (χ3v) is 2.45. The van der Waals surface area contributed by atoms with Crippen LogP contribution in [0.15, 0.2) is 17.1 Å². The fourth-order valence-corrected chi connectivity index (χ4v) is 1.60. The molecule has 0 amide bonds. The minimum absolute atomic E-state index is 0.135. The Kier molecular flexibility index (Phi) is 3.05. The number of rotatable bonds is 3. The Bertz CT molecular complexity index is 527. The summed E-state index contributed by atoms with van der Waals surface area (Å²) in [6.45, 7) is 1.68. The van der Waals surface area contributed by atoms with Gasteiger partial charge in [0.1, 0.15) is 5.82 Å². The zero-order valence-electron chi connectivity index (χ0n) is 10.2. The lowest BCUT2D eigenvalue weighted by Gasteiger charge is -2.19. The number of ether oxygens (including phenoxy) is 2. The molecule has 1 unspecified atom stereocenters. The molecule has 0 bridgehead atoms. The summed E-state index contributed by atoms with van der Waals surface area (Å²) in [6, 6.07) is 0.135. The second-order valence-corrected chi connectivity index (χ2v) is 3.59. The van der Waals surface area contributed by atoms with Gasteiger partial charge in [-0.1, -0.05) is 0 Å². The molecule has 1 aromatic rings. The molecule has 0 aromatic carbocycles. The van der Waals surface area contributed by atoms with Gasteiger partial charge in [-0.25, -0.2) is 9.78 Å². The predicted octanol–water partition coefficient (Wildman–Crippen LogP) is 0.198. The molecule has 7 heteroatoms. The summed E-state index contributed by atoms with van der Waals surface area (Å²) in [5.74, 6) is 0.0690. The fourth-order valence-electron chi connectivity index (χ4n) is 1.60. The lowest BCUT2D eigenvalue weighted by Crippen LogP contribution is -2.34. The molecule has 0 fully saturated rings. The SMILES string of the molecule is COC(=O)C1(c2nc(C)nc(OC)n2)C=CC=N1. The van der Waals surface area contributed by atoms with Gasteiger partial charge >= 0.3 is 12.0 Å². The summed E-state index contributed by atoms with van der Waals surface area (Å²) >= 11 is 0.